The molecule has 0 spiro atoms. The zero-order valence-corrected chi connectivity index (χ0v) is 9.74. The van der Waals surface area contributed by atoms with Gasteiger partial charge in [-0.05, 0) is 37.0 Å². The first-order valence-electron chi connectivity index (χ1n) is 5.61. The molecule has 1 heterocycles. The average molecular weight is 233 g/mol. The topological polar surface area (TPSA) is 17.8 Å². The van der Waals surface area contributed by atoms with E-state index < -0.39 is 0 Å². The summed E-state index contributed by atoms with van der Waals surface area (Å²) in [6.45, 7) is 0. The Bertz CT molecular complexity index is 502. The van der Waals surface area contributed by atoms with Gasteiger partial charge in [-0.2, -0.15) is 5.10 Å². The number of benzene rings is 1. The second kappa shape index (κ2) is 3.95. The van der Waals surface area contributed by atoms with Crippen molar-refractivity contribution in [3.63, 3.8) is 0 Å². The largest absolute Gasteiger partial charge is 0.237 e. The van der Waals surface area contributed by atoms with Gasteiger partial charge in [0.05, 0.1) is 17.3 Å². The molecule has 0 saturated heterocycles. The van der Waals surface area contributed by atoms with Crippen molar-refractivity contribution in [2.75, 3.05) is 0 Å². The van der Waals surface area contributed by atoms with Crippen molar-refractivity contribution < 1.29 is 0 Å². The molecule has 0 saturated carbocycles. The van der Waals surface area contributed by atoms with Crippen molar-refractivity contribution >= 4 is 11.6 Å². The van der Waals surface area contributed by atoms with E-state index in [1.165, 1.54) is 17.7 Å². The molecule has 3 rings (SSSR count). The molecule has 1 aromatic heterocycles. The van der Waals surface area contributed by atoms with Crippen LogP contribution in [0, 0.1) is 0 Å². The first-order chi connectivity index (χ1) is 7.90. The Morgan fingerprint density at radius 1 is 1.19 bits per heavy atom. The maximum atomic E-state index is 5.94. The molecule has 1 aromatic carbocycles. The summed E-state index contributed by atoms with van der Waals surface area (Å²) in [7, 11) is 0. The summed E-state index contributed by atoms with van der Waals surface area (Å²) in [5.41, 5.74) is 4.91. The number of rotatable bonds is 2. The third kappa shape index (κ3) is 1.45. The van der Waals surface area contributed by atoms with Gasteiger partial charge in [0, 0.05) is 5.69 Å². The van der Waals surface area contributed by atoms with Crippen LogP contribution in [0.4, 0.5) is 0 Å². The molecule has 0 amide bonds. The standard InChI is InChI=1S/C13H13ClN2/c14-9-12-11-7-4-8-13(11)16(15-12)10-5-2-1-3-6-10/h1-3,5-6H,4,7-9H2. The summed E-state index contributed by atoms with van der Waals surface area (Å²) in [6, 6.07) is 10.3. The fourth-order valence-electron chi connectivity index (χ4n) is 2.40. The van der Waals surface area contributed by atoms with Crippen LogP contribution in [0.2, 0.25) is 0 Å². The number of aromatic nitrogens is 2. The highest BCUT2D eigenvalue weighted by Crippen LogP contribution is 2.28. The molecule has 16 heavy (non-hydrogen) atoms. The van der Waals surface area contributed by atoms with Crippen molar-refractivity contribution in [1.29, 1.82) is 0 Å². The average Bonchev–Trinajstić information content (AvgIpc) is 2.91. The summed E-state index contributed by atoms with van der Waals surface area (Å²) in [5.74, 6) is 0.516. The lowest BCUT2D eigenvalue weighted by Gasteiger charge is -2.04. The Hall–Kier alpha value is -1.28. The van der Waals surface area contributed by atoms with Crippen LogP contribution in [0.15, 0.2) is 30.3 Å². The van der Waals surface area contributed by atoms with Crippen molar-refractivity contribution in [1.82, 2.24) is 9.78 Å². The highest BCUT2D eigenvalue weighted by atomic mass is 35.5. The molecule has 0 aliphatic heterocycles. The molecule has 2 aromatic rings. The highest BCUT2D eigenvalue weighted by molar-refractivity contribution is 6.17. The lowest BCUT2D eigenvalue weighted by atomic mass is 10.2. The van der Waals surface area contributed by atoms with Crippen molar-refractivity contribution in [3.8, 4) is 5.69 Å². The number of nitrogens with zero attached hydrogens (tertiary/aromatic N) is 2. The van der Waals surface area contributed by atoms with Crippen LogP contribution in [0.3, 0.4) is 0 Å². The predicted molar refractivity (Wildman–Crippen MR) is 65.1 cm³/mol. The molecule has 0 radical (unpaired) electrons. The third-order valence-corrected chi connectivity index (χ3v) is 3.39. The quantitative estimate of drug-likeness (QED) is 0.728. The number of para-hydroxylation sites is 1. The van der Waals surface area contributed by atoms with Crippen molar-refractivity contribution in [3.05, 3.63) is 47.3 Å². The summed E-state index contributed by atoms with van der Waals surface area (Å²) < 4.78 is 2.06. The number of hydrogen-bond acceptors (Lipinski definition) is 1. The van der Waals surface area contributed by atoms with Gasteiger partial charge in [-0.25, -0.2) is 4.68 Å². The molecule has 2 nitrogen and oxygen atoms in total. The zero-order chi connectivity index (χ0) is 11.0. The molecule has 1 aliphatic carbocycles. The Labute approximate surface area is 99.9 Å². The van der Waals surface area contributed by atoms with Crippen LogP contribution in [0.1, 0.15) is 23.4 Å². The van der Waals surface area contributed by atoms with Gasteiger partial charge in [-0.3, -0.25) is 0 Å². The number of halogens is 1. The van der Waals surface area contributed by atoms with E-state index >= 15 is 0 Å². The minimum atomic E-state index is 0.516. The van der Waals surface area contributed by atoms with E-state index in [9.17, 15) is 0 Å². The molecular formula is C13H13ClN2. The fraction of sp³-hybridized carbons (Fsp3) is 0.308. The lowest BCUT2D eigenvalue weighted by Crippen LogP contribution is -2.00. The number of hydrogen-bond donors (Lipinski definition) is 0. The first-order valence-corrected chi connectivity index (χ1v) is 6.14. The number of fused-ring (bicyclic) bond motifs is 1. The van der Waals surface area contributed by atoms with Gasteiger partial charge in [0.2, 0.25) is 0 Å². The molecule has 3 heteroatoms. The van der Waals surface area contributed by atoms with Gasteiger partial charge in [-0.1, -0.05) is 18.2 Å². The van der Waals surface area contributed by atoms with Gasteiger partial charge < -0.3 is 0 Å². The summed E-state index contributed by atoms with van der Waals surface area (Å²) in [6.07, 6.45) is 3.47. The maximum Gasteiger partial charge on any atom is 0.0811 e. The lowest BCUT2D eigenvalue weighted by molar-refractivity contribution is 0.771. The second-order valence-electron chi connectivity index (χ2n) is 4.11. The smallest absolute Gasteiger partial charge is 0.0811 e. The Morgan fingerprint density at radius 2 is 2.00 bits per heavy atom. The molecule has 82 valence electrons. The van der Waals surface area contributed by atoms with E-state index in [1.807, 2.05) is 18.2 Å². The molecular weight excluding hydrogens is 220 g/mol. The predicted octanol–water partition coefficient (Wildman–Crippen LogP) is 3.10. The molecule has 0 unspecified atom stereocenters. The third-order valence-electron chi connectivity index (χ3n) is 3.14. The molecule has 1 aliphatic rings. The molecule has 0 N–H and O–H groups in total. The van der Waals surface area contributed by atoms with Gasteiger partial charge in [-0.15, -0.1) is 11.6 Å². The SMILES string of the molecule is ClCc1nn(-c2ccccc2)c2c1CCC2. The maximum absolute atomic E-state index is 5.94. The normalized spacial score (nSPS) is 14.1. The fourth-order valence-corrected chi connectivity index (χ4v) is 2.62. The van der Waals surface area contributed by atoms with Crippen LogP contribution in [0.25, 0.3) is 5.69 Å². The summed E-state index contributed by atoms with van der Waals surface area (Å²) >= 11 is 5.94. The van der Waals surface area contributed by atoms with E-state index in [4.69, 9.17) is 11.6 Å². The Morgan fingerprint density at radius 3 is 2.75 bits per heavy atom. The van der Waals surface area contributed by atoms with Crippen LogP contribution >= 0.6 is 11.6 Å². The van der Waals surface area contributed by atoms with E-state index in [1.54, 1.807) is 0 Å². The van der Waals surface area contributed by atoms with Crippen LogP contribution in [0.5, 0.6) is 0 Å². The van der Waals surface area contributed by atoms with Gasteiger partial charge in [0.15, 0.2) is 0 Å². The second-order valence-corrected chi connectivity index (χ2v) is 4.37. The van der Waals surface area contributed by atoms with Crippen LogP contribution in [-0.2, 0) is 18.7 Å². The highest BCUT2D eigenvalue weighted by Gasteiger charge is 2.22. The number of alkyl halides is 1. The van der Waals surface area contributed by atoms with Crippen molar-refractivity contribution in [2.24, 2.45) is 0 Å². The minimum Gasteiger partial charge on any atom is -0.237 e. The van der Waals surface area contributed by atoms with Gasteiger partial charge >= 0.3 is 0 Å². The van der Waals surface area contributed by atoms with E-state index in [-0.39, 0.29) is 0 Å². The first kappa shape index (κ1) is 9.91. The van der Waals surface area contributed by atoms with Gasteiger partial charge in [0.25, 0.3) is 0 Å². The molecule has 0 atom stereocenters. The Kier molecular flexibility index (Phi) is 2.44. The van der Waals surface area contributed by atoms with E-state index in [0.29, 0.717) is 5.88 Å². The molecule has 0 bridgehead atoms. The van der Waals surface area contributed by atoms with E-state index in [0.717, 1.165) is 24.2 Å². The molecule has 0 fully saturated rings. The van der Waals surface area contributed by atoms with Crippen LogP contribution in [-0.4, -0.2) is 9.78 Å². The zero-order valence-electron chi connectivity index (χ0n) is 8.99. The summed E-state index contributed by atoms with van der Waals surface area (Å²) in [5, 5.41) is 4.61. The van der Waals surface area contributed by atoms with Gasteiger partial charge in [0.1, 0.15) is 0 Å². The Balaban J connectivity index is 2.15. The monoisotopic (exact) mass is 232 g/mol. The van der Waals surface area contributed by atoms with Crippen LogP contribution < -0.4 is 0 Å². The summed E-state index contributed by atoms with van der Waals surface area (Å²) in [4.78, 5) is 0. The minimum absolute atomic E-state index is 0.516. The van der Waals surface area contributed by atoms with E-state index in [2.05, 4.69) is 21.9 Å². The van der Waals surface area contributed by atoms with Crippen molar-refractivity contribution in [2.45, 2.75) is 25.1 Å².